The SMILES string of the molecule is C=O.C=O.CC1=[C-]C(C)(C)C(C)=C1C.[Cr]. The Bertz CT molecular complexity index is 250. The standard InChI is InChI=1S/C10H15.2CH2O.Cr/c1-7-6-10(4,5)9(3)8(7)2;2*1-2;/h1-5H3;2*1H2;/q-1;;;. The maximum absolute atomic E-state index is 8.00. The molecular formula is C12H19CrO2-. The van der Waals surface area contributed by atoms with E-state index in [9.17, 15) is 0 Å². The summed E-state index contributed by atoms with van der Waals surface area (Å²) >= 11 is 0. The number of carbonyl (C=O) groups is 2. The van der Waals surface area contributed by atoms with Gasteiger partial charge in [-0.25, -0.2) is 5.57 Å². The van der Waals surface area contributed by atoms with E-state index in [-0.39, 0.29) is 22.8 Å². The Morgan fingerprint density at radius 3 is 1.40 bits per heavy atom. The Hall–Kier alpha value is -0.648. The van der Waals surface area contributed by atoms with Crippen LogP contribution in [0.5, 0.6) is 0 Å². The number of allylic oxidation sites excluding steroid dienone is 4. The van der Waals surface area contributed by atoms with Crippen molar-refractivity contribution in [3.05, 3.63) is 22.8 Å². The van der Waals surface area contributed by atoms with E-state index < -0.39 is 0 Å². The van der Waals surface area contributed by atoms with Gasteiger partial charge in [-0.2, -0.15) is 11.1 Å². The van der Waals surface area contributed by atoms with Gasteiger partial charge >= 0.3 is 0 Å². The van der Waals surface area contributed by atoms with Crippen LogP contribution in [0.2, 0.25) is 0 Å². The van der Waals surface area contributed by atoms with Crippen LogP contribution in [0.1, 0.15) is 34.6 Å². The third kappa shape index (κ3) is 5.11. The molecule has 1 aliphatic rings. The largest absolute Gasteiger partial charge is 0.307 e. The van der Waals surface area contributed by atoms with Crippen molar-refractivity contribution in [2.24, 2.45) is 5.41 Å². The van der Waals surface area contributed by atoms with Crippen LogP contribution in [0, 0.1) is 11.5 Å². The van der Waals surface area contributed by atoms with Crippen molar-refractivity contribution in [2.75, 3.05) is 0 Å². The topological polar surface area (TPSA) is 34.1 Å². The van der Waals surface area contributed by atoms with Gasteiger partial charge in [-0.1, -0.05) is 33.1 Å². The van der Waals surface area contributed by atoms with Crippen LogP contribution in [-0.4, -0.2) is 13.6 Å². The third-order valence-electron chi connectivity index (χ3n) is 2.56. The normalized spacial score (nSPS) is 16.2. The van der Waals surface area contributed by atoms with E-state index in [1.165, 1.54) is 16.7 Å². The summed E-state index contributed by atoms with van der Waals surface area (Å²) in [5, 5.41) is 0. The predicted octanol–water partition coefficient (Wildman–Crippen LogP) is 2.74. The summed E-state index contributed by atoms with van der Waals surface area (Å²) in [6.07, 6.45) is 3.44. The fourth-order valence-corrected chi connectivity index (χ4v) is 1.41. The molecular weight excluding hydrogens is 228 g/mol. The third-order valence-corrected chi connectivity index (χ3v) is 2.56. The molecule has 86 valence electrons. The van der Waals surface area contributed by atoms with Crippen LogP contribution in [-0.2, 0) is 27.0 Å². The van der Waals surface area contributed by atoms with Crippen molar-refractivity contribution in [3.63, 3.8) is 0 Å². The molecule has 0 aliphatic heterocycles. The molecule has 0 saturated heterocycles. The molecule has 0 amide bonds. The van der Waals surface area contributed by atoms with Crippen molar-refractivity contribution in [1.29, 1.82) is 0 Å². The summed E-state index contributed by atoms with van der Waals surface area (Å²) in [6, 6.07) is 0. The molecule has 0 saturated carbocycles. The summed E-state index contributed by atoms with van der Waals surface area (Å²) in [5.41, 5.74) is 4.39. The van der Waals surface area contributed by atoms with Crippen LogP contribution < -0.4 is 0 Å². The summed E-state index contributed by atoms with van der Waals surface area (Å²) in [7, 11) is 0. The maximum atomic E-state index is 8.00. The average molecular weight is 247 g/mol. The molecule has 1 rings (SSSR count). The van der Waals surface area contributed by atoms with Gasteiger partial charge in [0.25, 0.3) is 0 Å². The minimum atomic E-state index is 0. The first kappa shape index (κ1) is 19.9. The van der Waals surface area contributed by atoms with Crippen LogP contribution in [0.4, 0.5) is 0 Å². The fourth-order valence-electron chi connectivity index (χ4n) is 1.41. The first-order valence-corrected chi connectivity index (χ1v) is 4.33. The Morgan fingerprint density at radius 1 is 1.00 bits per heavy atom. The number of rotatable bonds is 0. The van der Waals surface area contributed by atoms with Gasteiger partial charge in [0, 0.05) is 17.4 Å². The molecule has 3 heteroatoms. The second-order valence-corrected chi connectivity index (χ2v) is 3.62. The molecule has 0 radical (unpaired) electrons. The van der Waals surface area contributed by atoms with Crippen molar-refractivity contribution in [3.8, 4) is 0 Å². The summed E-state index contributed by atoms with van der Waals surface area (Å²) in [5.74, 6) is 0. The van der Waals surface area contributed by atoms with Gasteiger partial charge in [-0.15, -0.1) is 6.92 Å². The van der Waals surface area contributed by atoms with Gasteiger partial charge in [-0.05, 0) is 0 Å². The minimum absolute atomic E-state index is 0. The molecule has 0 unspecified atom stereocenters. The van der Waals surface area contributed by atoms with Crippen molar-refractivity contribution in [2.45, 2.75) is 34.6 Å². The van der Waals surface area contributed by atoms with Gasteiger partial charge in [0.1, 0.15) is 13.6 Å². The quantitative estimate of drug-likeness (QED) is 0.617. The molecule has 15 heavy (non-hydrogen) atoms. The van der Waals surface area contributed by atoms with Crippen LogP contribution in [0.3, 0.4) is 0 Å². The van der Waals surface area contributed by atoms with E-state index in [1.807, 2.05) is 13.6 Å². The molecule has 2 nitrogen and oxygen atoms in total. The smallest absolute Gasteiger partial charge is 0.106 e. The van der Waals surface area contributed by atoms with Gasteiger partial charge in [0.15, 0.2) is 0 Å². The maximum Gasteiger partial charge on any atom is 0.106 e. The molecule has 0 bridgehead atoms. The summed E-state index contributed by atoms with van der Waals surface area (Å²) < 4.78 is 0. The first-order chi connectivity index (χ1) is 6.45. The molecule has 0 heterocycles. The zero-order valence-electron chi connectivity index (χ0n) is 10.1. The Kier molecular flexibility index (Phi) is 11.4. The van der Waals surface area contributed by atoms with E-state index in [0.717, 1.165) is 0 Å². The molecule has 0 aromatic rings. The first-order valence-electron chi connectivity index (χ1n) is 4.33. The van der Waals surface area contributed by atoms with Gasteiger partial charge in [0.05, 0.1) is 0 Å². The van der Waals surface area contributed by atoms with E-state index in [0.29, 0.717) is 0 Å². The van der Waals surface area contributed by atoms with Crippen LogP contribution >= 0.6 is 0 Å². The fraction of sp³-hybridized carbons (Fsp3) is 0.500. The van der Waals surface area contributed by atoms with Crippen molar-refractivity contribution < 1.29 is 27.0 Å². The van der Waals surface area contributed by atoms with Crippen molar-refractivity contribution in [1.82, 2.24) is 0 Å². The van der Waals surface area contributed by atoms with E-state index in [1.54, 1.807) is 0 Å². The summed E-state index contributed by atoms with van der Waals surface area (Å²) in [4.78, 5) is 16.0. The van der Waals surface area contributed by atoms with Crippen LogP contribution in [0.25, 0.3) is 0 Å². The Balaban J connectivity index is -0.000000258. The van der Waals surface area contributed by atoms with E-state index >= 15 is 0 Å². The number of carbonyl (C=O) groups excluding carboxylic acids is 2. The zero-order chi connectivity index (χ0) is 11.9. The molecule has 0 atom stereocenters. The Labute approximate surface area is 104 Å². The van der Waals surface area contributed by atoms with Gasteiger partial charge < -0.3 is 9.59 Å². The monoisotopic (exact) mass is 247 g/mol. The second kappa shape index (κ2) is 8.64. The van der Waals surface area contributed by atoms with Crippen molar-refractivity contribution >= 4 is 13.6 Å². The number of hydrogen-bond acceptors (Lipinski definition) is 2. The second-order valence-electron chi connectivity index (χ2n) is 3.62. The van der Waals surface area contributed by atoms with Gasteiger partial charge in [-0.3, -0.25) is 6.08 Å². The molecule has 0 aromatic carbocycles. The molecule has 0 fully saturated rings. The molecule has 0 aromatic heterocycles. The predicted molar refractivity (Wildman–Crippen MR) is 58.8 cm³/mol. The zero-order valence-corrected chi connectivity index (χ0v) is 11.4. The minimum Gasteiger partial charge on any atom is -0.307 e. The average Bonchev–Trinajstić information content (AvgIpc) is 2.36. The van der Waals surface area contributed by atoms with E-state index in [4.69, 9.17) is 9.59 Å². The van der Waals surface area contributed by atoms with Crippen LogP contribution in [0.15, 0.2) is 16.7 Å². The summed E-state index contributed by atoms with van der Waals surface area (Å²) in [6.45, 7) is 14.9. The molecule has 0 N–H and O–H groups in total. The number of hydrogen-bond donors (Lipinski definition) is 0. The van der Waals surface area contributed by atoms with Gasteiger partial charge in [0.2, 0.25) is 0 Å². The van der Waals surface area contributed by atoms with E-state index in [2.05, 4.69) is 40.7 Å². The molecule has 1 aliphatic carbocycles. The Morgan fingerprint density at radius 2 is 1.33 bits per heavy atom. The molecule has 0 spiro atoms.